The molecule has 2 aromatic rings. The summed E-state index contributed by atoms with van der Waals surface area (Å²) in [6.07, 6.45) is 1.78. The minimum Gasteiger partial charge on any atom is -0.285 e. The molecule has 1 heterocycles. The molecule has 0 unspecified atom stereocenters. The Kier molecular flexibility index (Phi) is 1.18. The fraction of sp³-hybridized carbons (Fsp3) is 0. The lowest BCUT2D eigenvalue weighted by Gasteiger charge is -1.87. The summed E-state index contributed by atoms with van der Waals surface area (Å²) in [5.41, 5.74) is 1.77. The van der Waals surface area contributed by atoms with E-state index in [0.717, 1.165) is 5.52 Å². The van der Waals surface area contributed by atoms with E-state index in [1.54, 1.807) is 24.5 Å². The number of hydrogen-bond donors (Lipinski definition) is 1. The third kappa shape index (κ3) is 0.797. The highest BCUT2D eigenvalue weighted by atomic mass is 16.1. The van der Waals surface area contributed by atoms with E-state index >= 15 is 0 Å². The number of carbonyl (C=O) groups excluding carboxylic acids is 1. The Morgan fingerprint density at radius 1 is 1.45 bits per heavy atom. The number of H-pyrrole nitrogens is 1. The van der Waals surface area contributed by atoms with Crippen LogP contribution < -0.4 is 0 Å². The second-order valence-corrected chi connectivity index (χ2v) is 2.12. The maximum absolute atomic E-state index is 10.3. The van der Waals surface area contributed by atoms with Crippen molar-refractivity contribution in [1.29, 1.82) is 0 Å². The normalized spacial score (nSPS) is 10.2. The zero-order chi connectivity index (χ0) is 7.68. The average Bonchev–Trinajstić information content (AvgIpc) is 2.50. The summed E-state index contributed by atoms with van der Waals surface area (Å²) in [7, 11) is 0. The quantitative estimate of drug-likeness (QED) is 0.634. The van der Waals surface area contributed by atoms with Crippen molar-refractivity contribution in [3.63, 3.8) is 0 Å². The van der Waals surface area contributed by atoms with Gasteiger partial charge in [0.15, 0.2) is 0 Å². The van der Waals surface area contributed by atoms with Gasteiger partial charge in [-0.1, -0.05) is 11.3 Å². The molecule has 0 fully saturated rings. The number of aromatic amines is 1. The van der Waals surface area contributed by atoms with Crippen LogP contribution in [0.15, 0.2) is 18.2 Å². The lowest BCUT2D eigenvalue weighted by atomic mass is 10.2. The summed E-state index contributed by atoms with van der Waals surface area (Å²) < 4.78 is 0. The predicted molar refractivity (Wildman–Crippen MR) is 38.7 cm³/mol. The van der Waals surface area contributed by atoms with Gasteiger partial charge < -0.3 is 0 Å². The van der Waals surface area contributed by atoms with Gasteiger partial charge in [0, 0.05) is 0 Å². The molecule has 2 rings (SSSR count). The molecule has 0 atom stereocenters. The van der Waals surface area contributed by atoms with E-state index in [9.17, 15) is 4.79 Å². The molecule has 4 heteroatoms. The van der Waals surface area contributed by atoms with Crippen molar-refractivity contribution in [3.05, 3.63) is 23.8 Å². The maximum atomic E-state index is 10.3. The van der Waals surface area contributed by atoms with Gasteiger partial charge in [0.2, 0.25) is 6.29 Å². The van der Waals surface area contributed by atoms with Gasteiger partial charge in [-0.25, -0.2) is 0 Å². The third-order valence-electron chi connectivity index (χ3n) is 1.47. The van der Waals surface area contributed by atoms with Crippen LogP contribution in [0.4, 0.5) is 0 Å². The number of nitrogens with one attached hydrogen (secondary N) is 1. The minimum absolute atomic E-state index is 0.441. The van der Waals surface area contributed by atoms with Gasteiger partial charge in [-0.15, -0.1) is 5.10 Å². The summed E-state index contributed by atoms with van der Waals surface area (Å²) in [4.78, 5) is 10.3. The minimum atomic E-state index is 0.441. The molecule has 1 N–H and O–H groups in total. The third-order valence-corrected chi connectivity index (χ3v) is 1.47. The molecule has 1 aromatic heterocycles. The van der Waals surface area contributed by atoms with Crippen molar-refractivity contribution in [1.82, 2.24) is 15.4 Å². The van der Waals surface area contributed by atoms with Gasteiger partial charge in [-0.3, -0.25) is 9.89 Å². The van der Waals surface area contributed by atoms with E-state index < -0.39 is 0 Å². The van der Waals surface area contributed by atoms with Gasteiger partial charge in [0.1, 0.15) is 5.52 Å². The highest BCUT2D eigenvalue weighted by Gasteiger charge is 2.01. The standard InChI is InChI=1S/C7H4N3O/c11-4-5-2-1-3-6-7(5)9-10-8-6/h1-3H,(H,8,9,10). The van der Waals surface area contributed by atoms with Crippen LogP contribution in [-0.4, -0.2) is 21.7 Å². The number of rotatable bonds is 1. The molecule has 53 valence electrons. The summed E-state index contributed by atoms with van der Waals surface area (Å²) in [6.45, 7) is 0. The molecule has 1 aromatic carbocycles. The number of benzene rings is 1. The summed E-state index contributed by atoms with van der Waals surface area (Å²) >= 11 is 0. The fourth-order valence-corrected chi connectivity index (χ4v) is 0.953. The molecule has 11 heavy (non-hydrogen) atoms. The Hall–Kier alpha value is -1.71. The largest absolute Gasteiger partial charge is 0.285 e. The SMILES string of the molecule is O=[C]c1cccc2[nH]nnc12. The fourth-order valence-electron chi connectivity index (χ4n) is 0.953. The van der Waals surface area contributed by atoms with Crippen molar-refractivity contribution < 1.29 is 4.79 Å². The molecule has 0 aliphatic heterocycles. The lowest BCUT2D eigenvalue weighted by molar-refractivity contribution is 0.563. The number of fused-ring (bicyclic) bond motifs is 1. The molecule has 0 spiro atoms. The first-order valence-electron chi connectivity index (χ1n) is 3.10. The molecule has 1 radical (unpaired) electrons. The molecule has 4 nitrogen and oxygen atoms in total. The van der Waals surface area contributed by atoms with Crippen molar-refractivity contribution in [2.75, 3.05) is 0 Å². The van der Waals surface area contributed by atoms with E-state index in [1.807, 2.05) is 0 Å². The van der Waals surface area contributed by atoms with E-state index in [-0.39, 0.29) is 0 Å². The van der Waals surface area contributed by atoms with Crippen LogP contribution in [0.3, 0.4) is 0 Å². The van der Waals surface area contributed by atoms with E-state index in [1.165, 1.54) is 0 Å². The van der Waals surface area contributed by atoms with Crippen molar-refractivity contribution >= 4 is 17.3 Å². The summed E-state index contributed by atoms with van der Waals surface area (Å²) in [5, 5.41) is 9.93. The van der Waals surface area contributed by atoms with Crippen LogP contribution >= 0.6 is 0 Å². The Bertz CT molecular complexity index is 393. The Labute approximate surface area is 62.2 Å². The van der Waals surface area contributed by atoms with Crippen LogP contribution in [0, 0.1) is 0 Å². The number of nitrogens with zero attached hydrogens (tertiary/aromatic N) is 2. The van der Waals surface area contributed by atoms with Gasteiger partial charge in [0.25, 0.3) is 0 Å². The maximum Gasteiger partial charge on any atom is 0.235 e. The van der Waals surface area contributed by atoms with Gasteiger partial charge in [0.05, 0.1) is 11.1 Å². The zero-order valence-corrected chi connectivity index (χ0v) is 5.53. The molecule has 0 aliphatic rings. The average molecular weight is 146 g/mol. The predicted octanol–water partition coefficient (Wildman–Crippen LogP) is 0.416. The monoisotopic (exact) mass is 146 g/mol. The van der Waals surface area contributed by atoms with Gasteiger partial charge >= 0.3 is 0 Å². The highest BCUT2D eigenvalue weighted by molar-refractivity contribution is 5.93. The molecule has 0 saturated heterocycles. The molecule has 0 saturated carbocycles. The molecular weight excluding hydrogens is 142 g/mol. The zero-order valence-electron chi connectivity index (χ0n) is 5.53. The number of hydrogen-bond acceptors (Lipinski definition) is 3. The topological polar surface area (TPSA) is 58.6 Å². The first kappa shape index (κ1) is 6.03. The first-order chi connectivity index (χ1) is 5.42. The van der Waals surface area contributed by atoms with Crippen LogP contribution in [0.2, 0.25) is 0 Å². The van der Waals surface area contributed by atoms with E-state index in [0.29, 0.717) is 11.1 Å². The van der Waals surface area contributed by atoms with E-state index in [4.69, 9.17) is 0 Å². The Morgan fingerprint density at radius 3 is 3.18 bits per heavy atom. The van der Waals surface area contributed by atoms with Crippen molar-refractivity contribution in [2.45, 2.75) is 0 Å². The molecule has 0 amide bonds. The van der Waals surface area contributed by atoms with Crippen molar-refractivity contribution in [2.24, 2.45) is 0 Å². The number of aromatic nitrogens is 3. The van der Waals surface area contributed by atoms with Gasteiger partial charge in [-0.05, 0) is 12.1 Å². The Balaban J connectivity index is 2.88. The molecular formula is C7H4N3O. The van der Waals surface area contributed by atoms with Crippen LogP contribution in [0.1, 0.15) is 5.56 Å². The summed E-state index contributed by atoms with van der Waals surface area (Å²) in [6, 6.07) is 5.20. The van der Waals surface area contributed by atoms with Crippen LogP contribution in [-0.2, 0) is 4.79 Å². The first-order valence-corrected chi connectivity index (χ1v) is 3.10. The van der Waals surface area contributed by atoms with Gasteiger partial charge in [-0.2, -0.15) is 0 Å². The second kappa shape index (κ2) is 2.16. The van der Waals surface area contributed by atoms with Crippen LogP contribution in [0.5, 0.6) is 0 Å². The van der Waals surface area contributed by atoms with E-state index in [2.05, 4.69) is 15.4 Å². The summed E-state index contributed by atoms with van der Waals surface area (Å²) in [5.74, 6) is 0. The second-order valence-electron chi connectivity index (χ2n) is 2.12. The molecule has 0 bridgehead atoms. The van der Waals surface area contributed by atoms with Crippen LogP contribution in [0.25, 0.3) is 11.0 Å². The molecule has 0 aliphatic carbocycles. The van der Waals surface area contributed by atoms with Crippen molar-refractivity contribution in [3.8, 4) is 0 Å². The smallest absolute Gasteiger partial charge is 0.235 e. The lowest BCUT2D eigenvalue weighted by Crippen LogP contribution is -1.81. The Morgan fingerprint density at radius 2 is 2.36 bits per heavy atom. The highest BCUT2D eigenvalue weighted by Crippen LogP contribution is 2.10.